The summed E-state index contributed by atoms with van der Waals surface area (Å²) in [5, 5.41) is 2.05. The summed E-state index contributed by atoms with van der Waals surface area (Å²) < 4.78 is 0. The lowest BCUT2D eigenvalue weighted by molar-refractivity contribution is 0.103. The molecule has 3 aromatic rings. The van der Waals surface area contributed by atoms with Gasteiger partial charge in [0, 0.05) is 17.1 Å². The summed E-state index contributed by atoms with van der Waals surface area (Å²) in [5.74, 6) is 0.0231. The third-order valence-electron chi connectivity index (χ3n) is 3.47. The van der Waals surface area contributed by atoms with Crippen molar-refractivity contribution in [2.45, 2.75) is 0 Å². The summed E-state index contributed by atoms with van der Waals surface area (Å²) in [6.45, 7) is 0. The van der Waals surface area contributed by atoms with Crippen molar-refractivity contribution in [3.05, 3.63) is 66.0 Å². The highest BCUT2D eigenvalue weighted by atomic mass is 16.1. The molecule has 4 rings (SSSR count). The third-order valence-corrected chi connectivity index (χ3v) is 3.47. The molecule has 0 spiro atoms. The van der Waals surface area contributed by atoms with E-state index in [1.54, 1.807) is 6.20 Å². The first-order valence-corrected chi connectivity index (χ1v) is 5.88. The van der Waals surface area contributed by atoms with E-state index in [2.05, 4.69) is 11.1 Å². The van der Waals surface area contributed by atoms with Crippen molar-refractivity contribution in [1.29, 1.82) is 0 Å². The van der Waals surface area contributed by atoms with Crippen molar-refractivity contribution in [2.75, 3.05) is 0 Å². The lowest BCUT2D eigenvalue weighted by Crippen LogP contribution is -2.11. The maximum Gasteiger partial charge on any atom is 0.212 e. The van der Waals surface area contributed by atoms with E-state index in [0.717, 1.165) is 27.5 Å². The Bertz CT molecular complexity index is 800. The lowest BCUT2D eigenvalue weighted by Gasteiger charge is -2.18. The molecular weight excluding hydrogens is 222 g/mol. The van der Waals surface area contributed by atoms with Crippen LogP contribution in [0.1, 0.15) is 16.1 Å². The molecule has 0 saturated carbocycles. The topological polar surface area (TPSA) is 30.0 Å². The van der Waals surface area contributed by atoms with Crippen LogP contribution in [-0.4, -0.2) is 10.8 Å². The molecule has 0 fully saturated rings. The Hall–Kier alpha value is -2.48. The zero-order valence-corrected chi connectivity index (χ0v) is 9.55. The Morgan fingerprint density at radius 2 is 1.56 bits per heavy atom. The molecule has 2 nitrogen and oxygen atoms in total. The van der Waals surface area contributed by atoms with Gasteiger partial charge in [0.2, 0.25) is 5.78 Å². The zero-order valence-electron chi connectivity index (χ0n) is 9.55. The van der Waals surface area contributed by atoms with Crippen LogP contribution in [0.5, 0.6) is 0 Å². The van der Waals surface area contributed by atoms with E-state index >= 15 is 0 Å². The van der Waals surface area contributed by atoms with Crippen LogP contribution in [0.3, 0.4) is 0 Å². The average molecular weight is 231 g/mol. The van der Waals surface area contributed by atoms with Gasteiger partial charge in [0.05, 0.1) is 0 Å². The van der Waals surface area contributed by atoms with Gasteiger partial charge >= 0.3 is 0 Å². The summed E-state index contributed by atoms with van der Waals surface area (Å²) in [4.78, 5) is 16.7. The van der Waals surface area contributed by atoms with E-state index in [9.17, 15) is 4.79 Å². The van der Waals surface area contributed by atoms with Gasteiger partial charge in [-0.1, -0.05) is 42.5 Å². The molecule has 1 aromatic heterocycles. The smallest absolute Gasteiger partial charge is 0.212 e. The Balaban J connectivity index is 2.28. The zero-order chi connectivity index (χ0) is 12.1. The van der Waals surface area contributed by atoms with Crippen molar-refractivity contribution in [3.63, 3.8) is 0 Å². The molecule has 1 aliphatic rings. The van der Waals surface area contributed by atoms with E-state index in [1.807, 2.05) is 42.5 Å². The van der Waals surface area contributed by atoms with Crippen LogP contribution in [0.25, 0.3) is 21.9 Å². The number of nitrogens with zero attached hydrogens (tertiary/aromatic N) is 1. The molecule has 1 aliphatic carbocycles. The molecule has 0 radical (unpaired) electrons. The average Bonchev–Trinajstić information content (AvgIpc) is 2.44. The monoisotopic (exact) mass is 231 g/mol. The van der Waals surface area contributed by atoms with E-state index in [-0.39, 0.29) is 5.78 Å². The van der Waals surface area contributed by atoms with E-state index in [1.165, 1.54) is 0 Å². The summed E-state index contributed by atoms with van der Waals surface area (Å²) in [6.07, 6.45) is 1.70. The maximum absolute atomic E-state index is 12.4. The second kappa shape index (κ2) is 3.26. The van der Waals surface area contributed by atoms with Crippen molar-refractivity contribution in [2.24, 2.45) is 0 Å². The summed E-state index contributed by atoms with van der Waals surface area (Å²) in [5.41, 5.74) is 3.43. The van der Waals surface area contributed by atoms with Gasteiger partial charge in [-0.3, -0.25) is 9.78 Å². The van der Waals surface area contributed by atoms with Crippen molar-refractivity contribution >= 4 is 16.6 Å². The van der Waals surface area contributed by atoms with Crippen LogP contribution in [-0.2, 0) is 0 Å². The number of carbonyl (C=O) groups excluding carboxylic acids is 1. The number of carbonyl (C=O) groups is 1. The fraction of sp³-hybridized carbons (Fsp3) is 0. The Kier molecular flexibility index (Phi) is 1.73. The molecule has 0 aliphatic heterocycles. The quantitative estimate of drug-likeness (QED) is 0.464. The largest absolute Gasteiger partial charge is 0.287 e. The highest BCUT2D eigenvalue weighted by molar-refractivity contribution is 6.24. The van der Waals surface area contributed by atoms with E-state index < -0.39 is 0 Å². The van der Waals surface area contributed by atoms with Gasteiger partial charge in [-0.05, 0) is 22.6 Å². The molecule has 0 saturated heterocycles. The van der Waals surface area contributed by atoms with Gasteiger partial charge in [-0.25, -0.2) is 0 Å². The minimum atomic E-state index is 0.0231. The highest BCUT2D eigenvalue weighted by Crippen LogP contribution is 2.37. The molecule has 84 valence electrons. The van der Waals surface area contributed by atoms with Crippen LogP contribution >= 0.6 is 0 Å². The molecule has 1 heterocycles. The number of rotatable bonds is 0. The first-order valence-electron chi connectivity index (χ1n) is 5.88. The third kappa shape index (κ3) is 1.07. The molecular formula is C16H9NO. The molecule has 0 unspecified atom stereocenters. The van der Waals surface area contributed by atoms with Crippen LogP contribution in [0.4, 0.5) is 0 Å². The maximum atomic E-state index is 12.4. The van der Waals surface area contributed by atoms with Crippen molar-refractivity contribution in [3.8, 4) is 11.1 Å². The predicted molar refractivity (Wildman–Crippen MR) is 70.6 cm³/mol. The number of benzene rings is 2. The molecule has 2 aromatic carbocycles. The standard InChI is InChI=1S/C16H9NO/c18-16-13-6-2-1-5-11(13)12-7-3-4-10-8-9-17-15(16)14(10)12/h1-9H. The Morgan fingerprint density at radius 1 is 0.778 bits per heavy atom. The minimum absolute atomic E-state index is 0.0231. The summed E-state index contributed by atoms with van der Waals surface area (Å²) in [7, 11) is 0. The van der Waals surface area contributed by atoms with Gasteiger partial charge in [0.1, 0.15) is 5.69 Å². The number of hydrogen-bond donors (Lipinski definition) is 0. The fourth-order valence-corrected chi connectivity index (χ4v) is 2.67. The molecule has 18 heavy (non-hydrogen) atoms. The molecule has 0 bridgehead atoms. The van der Waals surface area contributed by atoms with Gasteiger partial charge < -0.3 is 0 Å². The number of ketones is 1. The fourth-order valence-electron chi connectivity index (χ4n) is 2.67. The summed E-state index contributed by atoms with van der Waals surface area (Å²) in [6, 6.07) is 15.8. The first kappa shape index (κ1) is 9.54. The molecule has 0 N–H and O–H groups in total. The highest BCUT2D eigenvalue weighted by Gasteiger charge is 2.25. The first-order chi connectivity index (χ1) is 8.86. The van der Waals surface area contributed by atoms with Crippen LogP contribution in [0.2, 0.25) is 0 Å². The SMILES string of the molecule is O=C1c2ccccc2-c2cccc3ccnc1c23. The number of hydrogen-bond acceptors (Lipinski definition) is 2. The molecule has 0 amide bonds. The van der Waals surface area contributed by atoms with Gasteiger partial charge in [-0.2, -0.15) is 0 Å². The van der Waals surface area contributed by atoms with E-state index in [0.29, 0.717) is 5.69 Å². The second-order valence-electron chi connectivity index (χ2n) is 4.44. The molecule has 2 heteroatoms. The summed E-state index contributed by atoms with van der Waals surface area (Å²) >= 11 is 0. The van der Waals surface area contributed by atoms with Crippen molar-refractivity contribution < 1.29 is 4.79 Å². The Labute approximate surface area is 104 Å². The minimum Gasteiger partial charge on any atom is -0.287 e. The van der Waals surface area contributed by atoms with Crippen LogP contribution in [0.15, 0.2) is 54.7 Å². The van der Waals surface area contributed by atoms with Gasteiger partial charge in [-0.15, -0.1) is 0 Å². The normalized spacial score (nSPS) is 12.6. The second-order valence-corrected chi connectivity index (χ2v) is 4.44. The lowest BCUT2D eigenvalue weighted by atomic mass is 9.85. The predicted octanol–water partition coefficient (Wildman–Crippen LogP) is 3.45. The Morgan fingerprint density at radius 3 is 2.44 bits per heavy atom. The van der Waals surface area contributed by atoms with Gasteiger partial charge in [0.15, 0.2) is 0 Å². The van der Waals surface area contributed by atoms with Crippen molar-refractivity contribution in [1.82, 2.24) is 4.98 Å². The van der Waals surface area contributed by atoms with Crippen LogP contribution < -0.4 is 0 Å². The van der Waals surface area contributed by atoms with E-state index in [4.69, 9.17) is 0 Å². The number of pyridine rings is 1. The number of fused-ring (bicyclic) bond motifs is 2. The molecule has 0 atom stereocenters. The number of aromatic nitrogens is 1. The van der Waals surface area contributed by atoms with Gasteiger partial charge in [0.25, 0.3) is 0 Å². The van der Waals surface area contributed by atoms with Crippen LogP contribution in [0, 0.1) is 0 Å².